The lowest BCUT2D eigenvalue weighted by Gasteiger charge is -2.02. The van der Waals surface area contributed by atoms with Gasteiger partial charge in [0.25, 0.3) is 0 Å². The summed E-state index contributed by atoms with van der Waals surface area (Å²) in [6.07, 6.45) is -0.490. The summed E-state index contributed by atoms with van der Waals surface area (Å²) in [7, 11) is 1.29. The number of nitrogens with one attached hydrogen (secondary N) is 2. The zero-order valence-electron chi connectivity index (χ0n) is 6.64. The van der Waals surface area contributed by atoms with Crippen LogP contribution in [0.25, 0.3) is 0 Å². The van der Waals surface area contributed by atoms with Crippen LogP contribution >= 0.6 is 0 Å². The predicted molar refractivity (Wildman–Crippen MR) is 39.1 cm³/mol. The smallest absolute Gasteiger partial charge is 0.406 e. The Morgan fingerprint density at radius 3 is 2.27 bits per heavy atom. The van der Waals surface area contributed by atoms with Gasteiger partial charge in [-0.05, 0) is 0 Å². The lowest BCUT2D eigenvalue weighted by atomic mass is 10.6. The Morgan fingerprint density at radius 2 is 1.82 bits per heavy atom. The Kier molecular flexibility index (Phi) is 4.89. The van der Waals surface area contributed by atoms with E-state index in [0.29, 0.717) is 13.1 Å². The molecule has 0 atom stereocenters. The maximum absolute atomic E-state index is 10.4. The highest BCUT2D eigenvalue weighted by Crippen LogP contribution is 1.68. The normalized spacial score (nSPS) is 8.55. The van der Waals surface area contributed by atoms with Crippen molar-refractivity contribution in [2.75, 3.05) is 20.2 Å². The molecule has 5 nitrogen and oxygen atoms in total. The molecule has 0 aromatic heterocycles. The third-order valence-electron chi connectivity index (χ3n) is 0.954. The van der Waals surface area contributed by atoms with E-state index in [-0.39, 0.29) is 5.91 Å². The summed E-state index contributed by atoms with van der Waals surface area (Å²) < 4.78 is 4.29. The van der Waals surface area contributed by atoms with Crippen molar-refractivity contribution in [3.05, 3.63) is 0 Å². The van der Waals surface area contributed by atoms with Crippen LogP contribution in [-0.2, 0) is 9.53 Å². The molecule has 0 aliphatic rings. The number of hydrogen-bond donors (Lipinski definition) is 2. The van der Waals surface area contributed by atoms with Gasteiger partial charge in [-0.3, -0.25) is 4.79 Å². The van der Waals surface area contributed by atoms with Gasteiger partial charge in [-0.2, -0.15) is 0 Å². The summed E-state index contributed by atoms with van der Waals surface area (Å²) in [5.74, 6) is -0.114. The van der Waals surface area contributed by atoms with Crippen molar-refractivity contribution in [3.8, 4) is 0 Å². The van der Waals surface area contributed by atoms with E-state index in [1.165, 1.54) is 14.0 Å². The molecule has 0 aliphatic heterocycles. The molecule has 5 heteroatoms. The Morgan fingerprint density at radius 1 is 1.27 bits per heavy atom. The van der Waals surface area contributed by atoms with Crippen LogP contribution in [0.15, 0.2) is 0 Å². The van der Waals surface area contributed by atoms with Crippen molar-refractivity contribution in [3.63, 3.8) is 0 Å². The molecule has 0 fully saturated rings. The zero-order valence-corrected chi connectivity index (χ0v) is 6.64. The first-order valence-electron chi connectivity index (χ1n) is 3.23. The molecular weight excluding hydrogens is 148 g/mol. The van der Waals surface area contributed by atoms with E-state index < -0.39 is 6.09 Å². The van der Waals surface area contributed by atoms with Crippen molar-refractivity contribution in [1.29, 1.82) is 0 Å². The average Bonchev–Trinajstić information content (AvgIpc) is 1.97. The molecule has 0 radical (unpaired) electrons. The average molecular weight is 160 g/mol. The van der Waals surface area contributed by atoms with Crippen LogP contribution < -0.4 is 10.6 Å². The SMILES string of the molecule is COC(=O)NCCNC(C)=O. The molecule has 11 heavy (non-hydrogen) atoms. The number of carbonyl (C=O) groups is 2. The predicted octanol–water partition coefficient (Wildman–Crippen LogP) is -0.522. The molecule has 0 rings (SSSR count). The zero-order chi connectivity index (χ0) is 8.69. The van der Waals surface area contributed by atoms with Crippen molar-refractivity contribution in [2.45, 2.75) is 6.92 Å². The Labute approximate surface area is 65.1 Å². The highest BCUT2D eigenvalue weighted by Gasteiger charge is 1.95. The minimum Gasteiger partial charge on any atom is -0.453 e. The highest BCUT2D eigenvalue weighted by molar-refractivity contribution is 5.72. The summed E-state index contributed by atoms with van der Waals surface area (Å²) >= 11 is 0. The molecule has 0 saturated heterocycles. The molecule has 0 bridgehead atoms. The van der Waals surface area contributed by atoms with E-state index >= 15 is 0 Å². The molecule has 0 unspecified atom stereocenters. The fourth-order valence-corrected chi connectivity index (χ4v) is 0.475. The highest BCUT2D eigenvalue weighted by atomic mass is 16.5. The molecular formula is C6H12N2O3. The van der Waals surface area contributed by atoms with Gasteiger partial charge in [0.2, 0.25) is 5.91 Å². The number of rotatable bonds is 3. The monoisotopic (exact) mass is 160 g/mol. The standard InChI is InChI=1S/C6H12N2O3/c1-5(9)7-3-4-8-6(10)11-2/h3-4H2,1-2H3,(H,7,9)(H,8,10). The molecule has 2 N–H and O–H groups in total. The second kappa shape index (κ2) is 5.52. The van der Waals surface area contributed by atoms with E-state index in [2.05, 4.69) is 15.4 Å². The third kappa shape index (κ3) is 6.63. The maximum Gasteiger partial charge on any atom is 0.406 e. The van der Waals surface area contributed by atoms with Crippen molar-refractivity contribution < 1.29 is 14.3 Å². The van der Waals surface area contributed by atoms with Crippen LogP contribution in [0.2, 0.25) is 0 Å². The van der Waals surface area contributed by atoms with E-state index in [4.69, 9.17) is 0 Å². The fraction of sp³-hybridized carbons (Fsp3) is 0.667. The number of methoxy groups -OCH3 is 1. The van der Waals surface area contributed by atoms with E-state index in [1.54, 1.807) is 0 Å². The van der Waals surface area contributed by atoms with Gasteiger partial charge < -0.3 is 15.4 Å². The third-order valence-corrected chi connectivity index (χ3v) is 0.954. The van der Waals surface area contributed by atoms with Gasteiger partial charge in [0.1, 0.15) is 0 Å². The number of hydrogen-bond acceptors (Lipinski definition) is 3. The van der Waals surface area contributed by atoms with Crippen molar-refractivity contribution >= 4 is 12.0 Å². The van der Waals surface area contributed by atoms with Crippen LogP contribution in [0.3, 0.4) is 0 Å². The summed E-state index contributed by atoms with van der Waals surface area (Å²) in [5.41, 5.74) is 0. The lowest BCUT2D eigenvalue weighted by molar-refractivity contribution is -0.118. The van der Waals surface area contributed by atoms with Gasteiger partial charge in [-0.25, -0.2) is 4.79 Å². The van der Waals surface area contributed by atoms with Gasteiger partial charge in [-0.1, -0.05) is 0 Å². The van der Waals surface area contributed by atoms with Crippen LogP contribution in [0.5, 0.6) is 0 Å². The van der Waals surface area contributed by atoms with Gasteiger partial charge in [-0.15, -0.1) is 0 Å². The lowest BCUT2D eigenvalue weighted by Crippen LogP contribution is -2.33. The first kappa shape index (κ1) is 9.74. The van der Waals surface area contributed by atoms with Gasteiger partial charge in [0, 0.05) is 20.0 Å². The van der Waals surface area contributed by atoms with Crippen LogP contribution in [0.4, 0.5) is 4.79 Å². The molecule has 0 aliphatic carbocycles. The largest absolute Gasteiger partial charge is 0.453 e. The number of ether oxygens (including phenoxy) is 1. The number of carbonyl (C=O) groups excluding carboxylic acids is 2. The summed E-state index contributed by atoms with van der Waals surface area (Å²) in [5, 5.41) is 4.93. The van der Waals surface area contributed by atoms with E-state index in [1.807, 2.05) is 0 Å². The topological polar surface area (TPSA) is 67.4 Å². The van der Waals surface area contributed by atoms with Crippen LogP contribution in [0, 0.1) is 0 Å². The molecule has 0 spiro atoms. The minimum absolute atomic E-state index is 0.114. The maximum atomic E-state index is 10.4. The summed E-state index contributed by atoms with van der Waals surface area (Å²) in [4.78, 5) is 20.7. The van der Waals surface area contributed by atoms with Crippen molar-refractivity contribution in [2.24, 2.45) is 0 Å². The quantitative estimate of drug-likeness (QED) is 0.546. The van der Waals surface area contributed by atoms with Gasteiger partial charge in [0.05, 0.1) is 7.11 Å². The molecule has 0 saturated carbocycles. The van der Waals surface area contributed by atoms with E-state index in [0.717, 1.165) is 0 Å². The van der Waals surface area contributed by atoms with Gasteiger partial charge in [0.15, 0.2) is 0 Å². The van der Waals surface area contributed by atoms with Crippen LogP contribution in [-0.4, -0.2) is 32.2 Å². The van der Waals surface area contributed by atoms with Crippen LogP contribution in [0.1, 0.15) is 6.92 Å². The molecule has 2 amide bonds. The van der Waals surface area contributed by atoms with E-state index in [9.17, 15) is 9.59 Å². The summed E-state index contributed by atoms with van der Waals surface area (Å²) in [6.45, 7) is 2.22. The first-order chi connectivity index (χ1) is 5.16. The molecule has 0 aromatic carbocycles. The number of alkyl carbamates (subject to hydrolysis) is 1. The molecule has 64 valence electrons. The molecule has 0 heterocycles. The molecule has 0 aromatic rings. The first-order valence-corrected chi connectivity index (χ1v) is 3.23. The Balaban J connectivity index is 3.14. The summed E-state index contributed by atoms with van der Waals surface area (Å²) in [6, 6.07) is 0. The Bertz CT molecular complexity index is 147. The Hall–Kier alpha value is -1.26. The second-order valence-corrected chi connectivity index (χ2v) is 1.90. The van der Waals surface area contributed by atoms with Crippen molar-refractivity contribution in [1.82, 2.24) is 10.6 Å². The van der Waals surface area contributed by atoms with Gasteiger partial charge >= 0.3 is 6.09 Å². The second-order valence-electron chi connectivity index (χ2n) is 1.90. The minimum atomic E-state index is -0.490. The fourth-order valence-electron chi connectivity index (χ4n) is 0.475. The number of amides is 2.